The number of carbonyl (C=O) groups excluding carboxylic acids is 1. The van der Waals surface area contributed by atoms with E-state index < -0.39 is 0 Å². The molecular formula is C10H12BrClN2OS. The fourth-order valence-electron chi connectivity index (χ4n) is 1.33. The lowest BCUT2D eigenvalue weighted by Gasteiger charge is -2.10. The molecule has 16 heavy (non-hydrogen) atoms. The molecule has 1 fully saturated rings. The van der Waals surface area contributed by atoms with Gasteiger partial charge < -0.3 is 5.32 Å². The van der Waals surface area contributed by atoms with E-state index in [-0.39, 0.29) is 24.4 Å². The van der Waals surface area contributed by atoms with Gasteiger partial charge in [0.2, 0.25) is 5.91 Å². The van der Waals surface area contributed by atoms with Gasteiger partial charge in [-0.15, -0.1) is 24.2 Å². The number of nitrogens with one attached hydrogen (secondary N) is 2. The van der Waals surface area contributed by atoms with Crippen molar-refractivity contribution in [3.63, 3.8) is 0 Å². The highest BCUT2D eigenvalue weighted by Crippen LogP contribution is 2.16. The highest BCUT2D eigenvalue weighted by molar-refractivity contribution is 9.10. The molecule has 1 saturated heterocycles. The van der Waals surface area contributed by atoms with E-state index in [1.54, 1.807) is 11.8 Å². The predicted molar refractivity (Wildman–Crippen MR) is 74.3 cm³/mol. The molecule has 0 saturated carbocycles. The van der Waals surface area contributed by atoms with Crippen LogP contribution in [0.25, 0.3) is 0 Å². The Morgan fingerprint density at radius 1 is 1.44 bits per heavy atom. The third-order valence-electron chi connectivity index (χ3n) is 2.14. The monoisotopic (exact) mass is 322 g/mol. The van der Waals surface area contributed by atoms with Crippen LogP contribution in [0.3, 0.4) is 0 Å². The van der Waals surface area contributed by atoms with Crippen molar-refractivity contribution in [3.8, 4) is 0 Å². The van der Waals surface area contributed by atoms with Gasteiger partial charge in [-0.1, -0.05) is 15.9 Å². The van der Waals surface area contributed by atoms with Gasteiger partial charge in [0.15, 0.2) is 0 Å². The Morgan fingerprint density at radius 3 is 2.69 bits per heavy atom. The summed E-state index contributed by atoms with van der Waals surface area (Å²) < 4.78 is 1.01. The van der Waals surface area contributed by atoms with Crippen LogP contribution in [0.1, 0.15) is 0 Å². The lowest BCUT2D eigenvalue weighted by molar-refractivity contribution is -0.117. The van der Waals surface area contributed by atoms with E-state index in [0.717, 1.165) is 21.8 Å². The lowest BCUT2D eigenvalue weighted by Crippen LogP contribution is -2.37. The summed E-state index contributed by atoms with van der Waals surface area (Å²) in [5, 5.41) is 6.01. The minimum Gasteiger partial charge on any atom is -0.325 e. The average Bonchev–Trinajstić information content (AvgIpc) is 2.74. The number of benzene rings is 1. The van der Waals surface area contributed by atoms with E-state index in [1.807, 2.05) is 24.3 Å². The maximum Gasteiger partial charge on any atom is 0.242 e. The van der Waals surface area contributed by atoms with Crippen LogP contribution in [0.4, 0.5) is 5.69 Å². The summed E-state index contributed by atoms with van der Waals surface area (Å²) in [4.78, 5) is 11.7. The van der Waals surface area contributed by atoms with Gasteiger partial charge in [0.05, 0.1) is 6.04 Å². The third kappa shape index (κ3) is 3.66. The van der Waals surface area contributed by atoms with Gasteiger partial charge in [-0.25, -0.2) is 0 Å². The number of amides is 1. The molecule has 2 rings (SSSR count). The maximum atomic E-state index is 11.7. The average molecular weight is 324 g/mol. The SMILES string of the molecule is Cl.O=C(Nc1ccc(Br)cc1)C1CSCN1. The van der Waals surface area contributed by atoms with Gasteiger partial charge >= 0.3 is 0 Å². The van der Waals surface area contributed by atoms with Crippen LogP contribution in [0.5, 0.6) is 0 Å². The first-order valence-corrected chi connectivity index (χ1v) is 6.58. The molecule has 1 unspecified atom stereocenters. The molecular weight excluding hydrogens is 312 g/mol. The molecule has 0 aromatic heterocycles. The van der Waals surface area contributed by atoms with Gasteiger partial charge in [0.25, 0.3) is 0 Å². The molecule has 0 spiro atoms. The van der Waals surface area contributed by atoms with E-state index in [1.165, 1.54) is 0 Å². The highest BCUT2D eigenvalue weighted by Gasteiger charge is 2.22. The van der Waals surface area contributed by atoms with Crippen molar-refractivity contribution in [2.24, 2.45) is 0 Å². The molecule has 1 aliphatic heterocycles. The lowest BCUT2D eigenvalue weighted by atomic mass is 10.3. The van der Waals surface area contributed by atoms with E-state index in [2.05, 4.69) is 26.6 Å². The number of carbonyl (C=O) groups is 1. The van der Waals surface area contributed by atoms with Crippen molar-refractivity contribution < 1.29 is 4.79 Å². The van der Waals surface area contributed by atoms with E-state index >= 15 is 0 Å². The number of halogens is 2. The number of anilines is 1. The Labute approximate surface area is 113 Å². The quantitative estimate of drug-likeness (QED) is 0.878. The molecule has 0 bridgehead atoms. The predicted octanol–water partition coefficient (Wildman–Crippen LogP) is 2.47. The zero-order valence-corrected chi connectivity index (χ0v) is 11.6. The molecule has 0 aliphatic carbocycles. The number of hydrogen-bond donors (Lipinski definition) is 2. The topological polar surface area (TPSA) is 41.1 Å². The standard InChI is InChI=1S/C10H11BrN2OS.ClH/c11-7-1-3-8(4-2-7)13-10(14)9-5-15-6-12-9;/h1-4,9,12H,5-6H2,(H,13,14);1H. The smallest absolute Gasteiger partial charge is 0.242 e. The summed E-state index contributed by atoms with van der Waals surface area (Å²) in [6, 6.07) is 7.52. The Bertz CT molecular complexity index is 354. The zero-order valence-electron chi connectivity index (χ0n) is 8.40. The molecule has 1 aliphatic rings. The molecule has 6 heteroatoms. The molecule has 1 amide bonds. The third-order valence-corrected chi connectivity index (χ3v) is 3.61. The van der Waals surface area contributed by atoms with Gasteiger partial charge in [-0.3, -0.25) is 10.1 Å². The maximum absolute atomic E-state index is 11.7. The summed E-state index contributed by atoms with van der Waals surface area (Å²) in [7, 11) is 0. The summed E-state index contributed by atoms with van der Waals surface area (Å²) in [6.07, 6.45) is 0. The Morgan fingerprint density at radius 2 is 2.12 bits per heavy atom. The first-order valence-electron chi connectivity index (χ1n) is 4.63. The molecule has 88 valence electrons. The van der Waals surface area contributed by atoms with Crippen molar-refractivity contribution in [3.05, 3.63) is 28.7 Å². The molecule has 0 radical (unpaired) electrons. The first-order chi connectivity index (χ1) is 7.25. The first kappa shape index (κ1) is 13.8. The van der Waals surface area contributed by atoms with Gasteiger partial charge in [-0.2, -0.15) is 0 Å². The molecule has 2 N–H and O–H groups in total. The van der Waals surface area contributed by atoms with Crippen molar-refractivity contribution in [1.29, 1.82) is 0 Å². The molecule has 1 aromatic rings. The van der Waals surface area contributed by atoms with E-state index in [4.69, 9.17) is 0 Å². The van der Waals surface area contributed by atoms with Crippen LogP contribution in [-0.4, -0.2) is 23.6 Å². The summed E-state index contributed by atoms with van der Waals surface area (Å²) in [5.74, 6) is 1.75. The Balaban J connectivity index is 0.00000128. The van der Waals surface area contributed by atoms with Crippen LogP contribution in [0, 0.1) is 0 Å². The largest absolute Gasteiger partial charge is 0.325 e. The van der Waals surface area contributed by atoms with Crippen molar-refractivity contribution in [1.82, 2.24) is 5.32 Å². The van der Waals surface area contributed by atoms with E-state index in [0.29, 0.717) is 0 Å². The second-order valence-corrected chi connectivity index (χ2v) is 5.21. The fourth-order valence-corrected chi connectivity index (χ4v) is 2.53. The summed E-state index contributed by atoms with van der Waals surface area (Å²) in [5.41, 5.74) is 0.835. The van der Waals surface area contributed by atoms with E-state index in [9.17, 15) is 4.79 Å². The van der Waals surface area contributed by atoms with Crippen LogP contribution in [0.2, 0.25) is 0 Å². The van der Waals surface area contributed by atoms with Crippen LogP contribution >= 0.6 is 40.1 Å². The van der Waals surface area contributed by atoms with Crippen LogP contribution in [-0.2, 0) is 4.79 Å². The number of rotatable bonds is 2. The van der Waals surface area contributed by atoms with Gasteiger partial charge in [-0.05, 0) is 24.3 Å². The van der Waals surface area contributed by atoms with Crippen molar-refractivity contribution >= 4 is 51.7 Å². The zero-order chi connectivity index (χ0) is 10.7. The molecule has 1 aromatic carbocycles. The van der Waals surface area contributed by atoms with Crippen LogP contribution in [0.15, 0.2) is 28.7 Å². The Kier molecular flexibility index (Phi) is 5.61. The normalized spacial score (nSPS) is 18.9. The molecule has 1 heterocycles. The van der Waals surface area contributed by atoms with Gasteiger partial charge in [0.1, 0.15) is 0 Å². The number of thioether (sulfide) groups is 1. The molecule has 3 nitrogen and oxygen atoms in total. The molecule has 1 atom stereocenters. The Hall–Kier alpha value is -0.230. The highest BCUT2D eigenvalue weighted by atomic mass is 79.9. The van der Waals surface area contributed by atoms with Crippen LogP contribution < -0.4 is 10.6 Å². The minimum absolute atomic E-state index is 0. The number of hydrogen-bond acceptors (Lipinski definition) is 3. The second-order valence-electron chi connectivity index (χ2n) is 3.27. The summed E-state index contributed by atoms with van der Waals surface area (Å²) in [6.45, 7) is 0. The second kappa shape index (κ2) is 6.49. The minimum atomic E-state index is -0.0568. The fraction of sp³-hybridized carbons (Fsp3) is 0.300. The van der Waals surface area contributed by atoms with Gasteiger partial charge in [0, 0.05) is 21.8 Å². The van der Waals surface area contributed by atoms with Crippen molar-refractivity contribution in [2.45, 2.75) is 6.04 Å². The van der Waals surface area contributed by atoms with Crippen molar-refractivity contribution in [2.75, 3.05) is 16.9 Å². The summed E-state index contributed by atoms with van der Waals surface area (Å²) >= 11 is 5.09.